The molecule has 3 aromatic rings. The van der Waals surface area contributed by atoms with E-state index in [1.807, 2.05) is 25.1 Å². The van der Waals surface area contributed by atoms with Crippen LogP contribution in [0.15, 0.2) is 48.5 Å². The molecule has 2 heterocycles. The van der Waals surface area contributed by atoms with Crippen molar-refractivity contribution in [3.63, 3.8) is 0 Å². The molecular weight excluding hydrogens is 367 g/mol. The highest BCUT2D eigenvalue weighted by atomic mass is 32.1. The number of carbonyl (C=O) groups is 1. The van der Waals surface area contributed by atoms with Gasteiger partial charge in [-0.25, -0.2) is 9.37 Å². The Morgan fingerprint density at radius 1 is 1.19 bits per heavy atom. The van der Waals surface area contributed by atoms with Gasteiger partial charge in [0.25, 0.3) is 0 Å². The number of benzene rings is 2. The first kappa shape index (κ1) is 17.2. The van der Waals surface area contributed by atoms with Crippen molar-refractivity contribution in [3.8, 4) is 22.8 Å². The lowest BCUT2D eigenvalue weighted by atomic mass is 10.1. The van der Waals surface area contributed by atoms with E-state index < -0.39 is 0 Å². The number of carbonyl (C=O) groups excluding carboxylic acids is 1. The Bertz CT molecular complexity index is 1030. The van der Waals surface area contributed by atoms with Crippen LogP contribution < -0.4 is 14.8 Å². The van der Waals surface area contributed by atoms with Crippen LogP contribution in [0, 0.1) is 12.7 Å². The average molecular weight is 382 g/mol. The largest absolute Gasteiger partial charge is 0.454 e. The Kier molecular flexibility index (Phi) is 4.60. The van der Waals surface area contributed by atoms with E-state index in [4.69, 9.17) is 9.47 Å². The number of amides is 1. The maximum atomic E-state index is 12.9. The zero-order valence-electron chi connectivity index (χ0n) is 14.4. The van der Waals surface area contributed by atoms with Crippen molar-refractivity contribution in [2.45, 2.75) is 6.92 Å². The van der Waals surface area contributed by atoms with E-state index >= 15 is 0 Å². The summed E-state index contributed by atoms with van der Waals surface area (Å²) in [6.45, 7) is 2.16. The highest BCUT2D eigenvalue weighted by molar-refractivity contribution is 7.16. The van der Waals surface area contributed by atoms with E-state index in [1.165, 1.54) is 29.5 Å². The first-order chi connectivity index (χ1) is 13.1. The lowest BCUT2D eigenvalue weighted by Gasteiger charge is -2.01. The summed E-state index contributed by atoms with van der Waals surface area (Å²) in [7, 11) is 0. The lowest BCUT2D eigenvalue weighted by molar-refractivity contribution is -0.111. The molecule has 5 nitrogen and oxygen atoms in total. The maximum Gasteiger partial charge on any atom is 0.250 e. The summed E-state index contributed by atoms with van der Waals surface area (Å²) in [5.74, 6) is 0.787. The fraction of sp³-hybridized carbons (Fsp3) is 0.100. The summed E-state index contributed by atoms with van der Waals surface area (Å²) in [5, 5.41) is 3.27. The van der Waals surface area contributed by atoms with Gasteiger partial charge in [-0.15, -0.1) is 11.3 Å². The van der Waals surface area contributed by atoms with Crippen LogP contribution in [-0.4, -0.2) is 17.7 Å². The molecule has 2 aromatic carbocycles. The Morgan fingerprint density at radius 3 is 2.78 bits per heavy atom. The summed E-state index contributed by atoms with van der Waals surface area (Å²) < 4.78 is 23.6. The fourth-order valence-corrected chi connectivity index (χ4v) is 3.49. The smallest absolute Gasteiger partial charge is 0.250 e. The molecule has 1 aromatic heterocycles. The van der Waals surface area contributed by atoms with Crippen LogP contribution in [-0.2, 0) is 4.79 Å². The molecule has 1 aliphatic heterocycles. The molecule has 136 valence electrons. The monoisotopic (exact) mass is 382 g/mol. The molecule has 1 amide bonds. The summed E-state index contributed by atoms with van der Waals surface area (Å²) in [6, 6.07) is 11.5. The molecule has 0 atom stereocenters. The van der Waals surface area contributed by atoms with Gasteiger partial charge in [0.15, 0.2) is 16.6 Å². The summed E-state index contributed by atoms with van der Waals surface area (Å²) in [4.78, 5) is 17.6. The van der Waals surface area contributed by atoms with Gasteiger partial charge >= 0.3 is 0 Å². The Morgan fingerprint density at radius 2 is 1.96 bits per heavy atom. The number of halogens is 1. The molecule has 0 spiro atoms. The topological polar surface area (TPSA) is 60.5 Å². The molecule has 0 saturated heterocycles. The molecule has 4 rings (SSSR count). The van der Waals surface area contributed by atoms with Crippen LogP contribution in [0.25, 0.3) is 17.3 Å². The van der Waals surface area contributed by atoms with E-state index in [-0.39, 0.29) is 18.5 Å². The number of nitrogens with one attached hydrogen (secondary N) is 1. The number of fused-ring (bicyclic) bond motifs is 1. The van der Waals surface area contributed by atoms with Crippen LogP contribution >= 0.6 is 11.3 Å². The van der Waals surface area contributed by atoms with Gasteiger partial charge in [0.05, 0.1) is 5.69 Å². The summed E-state index contributed by atoms with van der Waals surface area (Å²) in [5.41, 5.74) is 2.43. The first-order valence-corrected chi connectivity index (χ1v) is 9.02. The number of thiazole rings is 1. The number of aryl methyl sites for hydroxylation is 1. The Balaban J connectivity index is 1.48. The molecule has 0 bridgehead atoms. The first-order valence-electron chi connectivity index (χ1n) is 8.20. The van der Waals surface area contributed by atoms with Gasteiger partial charge in [0.2, 0.25) is 12.7 Å². The van der Waals surface area contributed by atoms with Gasteiger partial charge in [0.1, 0.15) is 5.82 Å². The highest BCUT2D eigenvalue weighted by Gasteiger charge is 2.17. The molecule has 7 heteroatoms. The van der Waals surface area contributed by atoms with E-state index in [0.29, 0.717) is 16.6 Å². The van der Waals surface area contributed by atoms with Crippen molar-refractivity contribution in [1.29, 1.82) is 0 Å². The predicted molar refractivity (Wildman–Crippen MR) is 102 cm³/mol. The van der Waals surface area contributed by atoms with Gasteiger partial charge in [-0.3, -0.25) is 10.1 Å². The third kappa shape index (κ3) is 3.83. The summed E-state index contributed by atoms with van der Waals surface area (Å²) in [6.07, 6.45) is 3.01. The number of hydrogen-bond acceptors (Lipinski definition) is 5. The van der Waals surface area contributed by atoms with Gasteiger partial charge in [0, 0.05) is 16.5 Å². The third-order valence-electron chi connectivity index (χ3n) is 3.97. The minimum absolute atomic E-state index is 0.219. The second-order valence-corrected chi connectivity index (χ2v) is 7.07. The molecule has 0 unspecified atom stereocenters. The van der Waals surface area contributed by atoms with Crippen molar-refractivity contribution in [2.75, 3.05) is 12.1 Å². The number of ether oxygens (including phenoxy) is 2. The third-order valence-corrected chi connectivity index (χ3v) is 4.86. The van der Waals surface area contributed by atoms with Crippen molar-refractivity contribution < 1.29 is 18.7 Å². The van der Waals surface area contributed by atoms with Crippen molar-refractivity contribution >= 4 is 28.5 Å². The van der Waals surface area contributed by atoms with Gasteiger partial charge in [-0.1, -0.05) is 12.1 Å². The van der Waals surface area contributed by atoms with E-state index in [2.05, 4.69) is 10.3 Å². The zero-order valence-corrected chi connectivity index (χ0v) is 15.2. The molecule has 0 saturated carbocycles. The van der Waals surface area contributed by atoms with E-state index in [0.717, 1.165) is 21.7 Å². The summed E-state index contributed by atoms with van der Waals surface area (Å²) >= 11 is 1.40. The van der Waals surface area contributed by atoms with Crippen molar-refractivity contribution in [2.24, 2.45) is 0 Å². The van der Waals surface area contributed by atoms with Crippen LogP contribution in [0.1, 0.15) is 10.4 Å². The fourth-order valence-electron chi connectivity index (χ4n) is 2.65. The van der Waals surface area contributed by atoms with Crippen molar-refractivity contribution in [1.82, 2.24) is 4.98 Å². The van der Waals surface area contributed by atoms with Crippen LogP contribution in [0.5, 0.6) is 11.5 Å². The lowest BCUT2D eigenvalue weighted by Crippen LogP contribution is -2.07. The van der Waals surface area contributed by atoms with Gasteiger partial charge in [-0.05, 0) is 48.9 Å². The molecule has 0 aliphatic carbocycles. The van der Waals surface area contributed by atoms with E-state index in [9.17, 15) is 9.18 Å². The van der Waals surface area contributed by atoms with Crippen LogP contribution in [0.2, 0.25) is 0 Å². The molecule has 1 N–H and O–H groups in total. The van der Waals surface area contributed by atoms with Gasteiger partial charge < -0.3 is 9.47 Å². The number of nitrogens with zero attached hydrogens (tertiary/aromatic N) is 1. The molecule has 0 radical (unpaired) electrons. The molecule has 27 heavy (non-hydrogen) atoms. The van der Waals surface area contributed by atoms with Gasteiger partial charge in [-0.2, -0.15) is 0 Å². The Hall–Kier alpha value is -3.19. The van der Waals surface area contributed by atoms with Crippen LogP contribution in [0.4, 0.5) is 9.52 Å². The number of aromatic nitrogens is 1. The maximum absolute atomic E-state index is 12.9. The predicted octanol–water partition coefficient (Wildman–Crippen LogP) is 4.64. The molecular formula is C20H15FN2O3S. The average Bonchev–Trinajstić information content (AvgIpc) is 3.26. The minimum atomic E-state index is -0.314. The Labute approximate surface area is 159 Å². The second-order valence-electron chi connectivity index (χ2n) is 5.87. The highest BCUT2D eigenvalue weighted by Crippen LogP contribution is 2.38. The SMILES string of the molecule is Cc1sc(NC(=O)/C=C/c2ccc(F)cc2)nc1-c1ccc2c(c1)OCO2. The normalized spacial score (nSPS) is 12.5. The van der Waals surface area contributed by atoms with Crippen LogP contribution in [0.3, 0.4) is 0 Å². The van der Waals surface area contributed by atoms with Crippen molar-refractivity contribution in [3.05, 3.63) is 64.8 Å². The molecule has 0 fully saturated rings. The molecule has 1 aliphatic rings. The number of rotatable bonds is 4. The zero-order chi connectivity index (χ0) is 18.8. The number of anilines is 1. The second kappa shape index (κ2) is 7.20. The number of hydrogen-bond donors (Lipinski definition) is 1. The standard InChI is InChI=1S/C20H15FN2O3S/c1-12-19(14-5-8-16-17(10-14)26-11-25-16)23-20(27-12)22-18(24)9-4-13-2-6-15(21)7-3-13/h2-10H,11H2,1H3,(H,22,23,24)/b9-4+. The quantitative estimate of drug-likeness (QED) is 0.668. The van der Waals surface area contributed by atoms with E-state index in [1.54, 1.807) is 18.2 Å². The minimum Gasteiger partial charge on any atom is -0.454 e.